The Morgan fingerprint density at radius 1 is 0.630 bits per heavy atom. The fourth-order valence-corrected chi connectivity index (χ4v) is 6.66. The summed E-state index contributed by atoms with van der Waals surface area (Å²) in [5.74, 6) is -1.67. The zero-order valence-corrected chi connectivity index (χ0v) is 28.9. The summed E-state index contributed by atoms with van der Waals surface area (Å²) in [6, 6.07) is 18.0. The monoisotopic (exact) mass is 738 g/mol. The number of piperidine rings is 2. The molecular weight excluding hydrogens is 704 g/mol. The molecule has 54 heavy (non-hydrogen) atoms. The normalized spacial score (nSPS) is 17.1. The number of oxazole rings is 2. The van der Waals surface area contributed by atoms with Crippen molar-refractivity contribution in [2.75, 3.05) is 26.2 Å². The quantitative estimate of drug-likeness (QED) is 0.124. The summed E-state index contributed by atoms with van der Waals surface area (Å²) in [4.78, 5) is 44.5. The van der Waals surface area contributed by atoms with Crippen LogP contribution in [0.25, 0.3) is 22.5 Å². The van der Waals surface area contributed by atoms with Crippen molar-refractivity contribution in [3.63, 3.8) is 0 Å². The van der Waals surface area contributed by atoms with Gasteiger partial charge in [-0.1, -0.05) is 24.3 Å². The lowest BCUT2D eigenvalue weighted by Gasteiger charge is -2.31. The maximum atomic E-state index is 13.9. The van der Waals surface area contributed by atoms with Crippen molar-refractivity contribution in [1.29, 1.82) is 0 Å². The van der Waals surface area contributed by atoms with Gasteiger partial charge in [0.25, 0.3) is 11.8 Å². The molecule has 0 bridgehead atoms. The number of nitrogens with zero attached hydrogens (tertiary/aromatic N) is 6. The van der Waals surface area contributed by atoms with Gasteiger partial charge < -0.3 is 18.6 Å². The first-order chi connectivity index (χ1) is 26.2. The number of carbonyl (C=O) groups is 2. The molecule has 2 aliphatic heterocycles. The molecule has 0 saturated carbocycles. The summed E-state index contributed by atoms with van der Waals surface area (Å²) in [5, 5.41) is 0. The van der Waals surface area contributed by atoms with Crippen LogP contribution in [0.3, 0.4) is 0 Å². The van der Waals surface area contributed by atoms with Gasteiger partial charge in [0.05, 0.1) is 17.4 Å². The highest BCUT2D eigenvalue weighted by Crippen LogP contribution is 2.32. The summed E-state index contributed by atoms with van der Waals surface area (Å²) in [7, 11) is 0. The number of carbonyl (C=O) groups excluding carboxylic acids is 2. The van der Waals surface area contributed by atoms with Crippen molar-refractivity contribution in [2.24, 2.45) is 0 Å². The zero-order chi connectivity index (χ0) is 37.6. The largest absolute Gasteiger partial charge is 0.448 e. The van der Waals surface area contributed by atoms with Gasteiger partial charge >= 0.3 is 0 Å². The van der Waals surface area contributed by atoms with Crippen LogP contribution in [-0.4, -0.2) is 67.7 Å². The number of rotatable bonds is 6. The van der Waals surface area contributed by atoms with Gasteiger partial charge in [-0.15, -0.1) is 0 Å². The van der Waals surface area contributed by atoms with Crippen molar-refractivity contribution in [3.05, 3.63) is 144 Å². The van der Waals surface area contributed by atoms with Gasteiger partial charge in [-0.25, -0.2) is 28.7 Å². The number of halogens is 4. The van der Waals surface area contributed by atoms with E-state index in [2.05, 4.69) is 19.9 Å². The van der Waals surface area contributed by atoms with Crippen LogP contribution < -0.4 is 0 Å². The van der Waals surface area contributed by atoms with Gasteiger partial charge in [0.15, 0.2) is 11.8 Å². The molecule has 2 aliphatic rings. The number of likely N-dealkylation sites (tertiary alicyclic amines) is 2. The first-order valence-corrected chi connectivity index (χ1v) is 17.5. The summed E-state index contributed by atoms with van der Waals surface area (Å²) in [6.07, 6.45) is 8.60. The van der Waals surface area contributed by atoms with Crippen LogP contribution in [-0.2, 0) is 0 Å². The minimum Gasteiger partial charge on any atom is -0.448 e. The van der Waals surface area contributed by atoms with Crippen LogP contribution in [0.1, 0.15) is 70.0 Å². The minimum absolute atomic E-state index is 0.0726. The third-order valence-corrected chi connectivity index (χ3v) is 9.41. The third kappa shape index (κ3) is 8.22. The Labute approximate surface area is 307 Å². The Morgan fingerprint density at radius 3 is 1.67 bits per heavy atom. The highest BCUT2D eigenvalue weighted by molar-refractivity contribution is 5.94. The molecule has 14 heteroatoms. The summed E-state index contributed by atoms with van der Waals surface area (Å²) in [6.45, 7) is 2.04. The van der Waals surface area contributed by atoms with Gasteiger partial charge in [-0.2, -0.15) is 8.78 Å². The van der Waals surface area contributed by atoms with Gasteiger partial charge in [0, 0.05) is 61.3 Å². The number of benzene rings is 2. The van der Waals surface area contributed by atoms with Crippen molar-refractivity contribution in [3.8, 4) is 22.5 Å². The van der Waals surface area contributed by atoms with E-state index in [-0.39, 0.29) is 40.8 Å². The first-order valence-electron chi connectivity index (χ1n) is 17.5. The van der Waals surface area contributed by atoms with Crippen molar-refractivity contribution >= 4 is 11.8 Å². The van der Waals surface area contributed by atoms with Crippen molar-refractivity contribution < 1.29 is 36.0 Å². The molecule has 0 radical (unpaired) electrons. The summed E-state index contributed by atoms with van der Waals surface area (Å²) >= 11 is 0. The van der Waals surface area contributed by atoms with Crippen LogP contribution >= 0.6 is 0 Å². The molecule has 2 aromatic carbocycles. The Morgan fingerprint density at radius 2 is 1.17 bits per heavy atom. The number of hydrogen-bond donors (Lipinski definition) is 0. The first kappa shape index (κ1) is 36.2. The molecule has 8 rings (SSSR count). The Hall–Kier alpha value is -6.18. The lowest BCUT2D eigenvalue weighted by Crippen LogP contribution is -2.39. The smallest absolute Gasteiger partial charge is 0.255 e. The molecule has 276 valence electrons. The van der Waals surface area contributed by atoms with Gasteiger partial charge in [-0.05, 0) is 68.1 Å². The Balaban J connectivity index is 0.000000167. The molecule has 2 saturated heterocycles. The van der Waals surface area contributed by atoms with Gasteiger partial charge in [-0.3, -0.25) is 9.59 Å². The molecule has 0 N–H and O–H groups in total. The molecule has 10 nitrogen and oxygen atoms in total. The molecule has 4 aromatic heterocycles. The van der Waals surface area contributed by atoms with Crippen molar-refractivity contribution in [1.82, 2.24) is 29.7 Å². The second-order valence-corrected chi connectivity index (χ2v) is 13.0. The minimum atomic E-state index is -0.684. The molecule has 2 fully saturated rings. The molecule has 0 unspecified atom stereocenters. The second-order valence-electron chi connectivity index (χ2n) is 13.0. The molecule has 2 atom stereocenters. The highest BCUT2D eigenvalue weighted by atomic mass is 19.1. The molecule has 0 aliphatic carbocycles. The average molecular weight is 739 g/mol. The Bertz CT molecular complexity index is 2240. The summed E-state index contributed by atoms with van der Waals surface area (Å²) in [5.41, 5.74) is 2.24. The third-order valence-electron chi connectivity index (χ3n) is 9.41. The standard InChI is InChI=1S/2C20H17F2N3O2/c21-16-6-2-1-5-15(16)17-12-27-19(24-17)14-4-3-9-25(11-14)20(26)13-7-8-23-18(22)10-13;21-16-6-2-1-5-15(16)17-12-27-19(24-17)14-4-3-9-25(11-14)20(26)13-7-8-18(22)23-10-13/h2*1-2,5-8,10,12,14H,3-4,9,11H2/t2*14-/m00/s1. The summed E-state index contributed by atoms with van der Waals surface area (Å²) < 4.78 is 65.3. The lowest BCUT2D eigenvalue weighted by atomic mass is 9.97. The average Bonchev–Trinajstić information content (AvgIpc) is 3.90. The topological polar surface area (TPSA) is 118 Å². The van der Waals surface area contributed by atoms with E-state index in [1.54, 1.807) is 46.2 Å². The predicted molar refractivity (Wildman–Crippen MR) is 188 cm³/mol. The van der Waals surface area contributed by atoms with E-state index < -0.39 is 11.9 Å². The fraction of sp³-hybridized carbons (Fsp3) is 0.250. The van der Waals surface area contributed by atoms with Crippen LogP contribution in [0.4, 0.5) is 17.6 Å². The van der Waals surface area contributed by atoms with Gasteiger partial charge in [0.2, 0.25) is 11.9 Å². The zero-order valence-electron chi connectivity index (χ0n) is 28.9. The Kier molecular flexibility index (Phi) is 10.9. The van der Waals surface area contributed by atoms with E-state index in [0.717, 1.165) is 31.7 Å². The molecule has 6 aromatic rings. The number of amides is 2. The van der Waals surface area contributed by atoms with E-state index in [4.69, 9.17) is 8.83 Å². The van der Waals surface area contributed by atoms with E-state index in [1.807, 2.05) is 0 Å². The maximum absolute atomic E-state index is 13.9. The molecule has 2 amide bonds. The molecular formula is C40H34F4N6O4. The number of hydrogen-bond acceptors (Lipinski definition) is 8. The highest BCUT2D eigenvalue weighted by Gasteiger charge is 2.30. The van der Waals surface area contributed by atoms with Crippen LogP contribution in [0, 0.1) is 23.5 Å². The maximum Gasteiger partial charge on any atom is 0.255 e. The van der Waals surface area contributed by atoms with Crippen LogP contribution in [0.2, 0.25) is 0 Å². The van der Waals surface area contributed by atoms with Crippen LogP contribution in [0.15, 0.2) is 107 Å². The van der Waals surface area contributed by atoms with Gasteiger partial charge in [0.1, 0.15) is 35.5 Å². The lowest BCUT2D eigenvalue weighted by molar-refractivity contribution is 0.0690. The van der Waals surface area contributed by atoms with E-state index in [1.165, 1.54) is 55.3 Å². The number of aromatic nitrogens is 4. The molecule has 6 heterocycles. The van der Waals surface area contributed by atoms with E-state index in [9.17, 15) is 27.2 Å². The number of pyridine rings is 2. The second kappa shape index (κ2) is 16.2. The fourth-order valence-electron chi connectivity index (χ4n) is 6.66. The molecule has 0 spiro atoms. The van der Waals surface area contributed by atoms with Crippen LogP contribution in [0.5, 0.6) is 0 Å². The predicted octanol–water partition coefficient (Wildman–Crippen LogP) is 8.07. The van der Waals surface area contributed by atoms with Crippen molar-refractivity contribution in [2.45, 2.75) is 37.5 Å². The SMILES string of the molecule is O=C(c1ccc(F)nc1)N1CCC[C@H](c2nc(-c3ccccc3F)co2)C1.O=C(c1ccnc(F)c1)N1CCC[C@H](c2nc(-c3ccccc3F)co2)C1. The van der Waals surface area contributed by atoms with E-state index in [0.29, 0.717) is 66.0 Å². The van der Waals surface area contributed by atoms with E-state index >= 15 is 0 Å².